The van der Waals surface area contributed by atoms with Crippen LogP contribution in [0.25, 0.3) is 0 Å². The molecule has 0 aliphatic carbocycles. The summed E-state index contributed by atoms with van der Waals surface area (Å²) in [4.78, 5) is 38.0. The smallest absolute Gasteiger partial charge is 0.306 e. The van der Waals surface area contributed by atoms with Gasteiger partial charge in [-0.15, -0.1) is 0 Å². The van der Waals surface area contributed by atoms with E-state index >= 15 is 0 Å². The molecule has 0 aliphatic rings. The number of allylic oxidation sites excluding steroid dienone is 8. The lowest BCUT2D eigenvalue weighted by Gasteiger charge is -2.28. The van der Waals surface area contributed by atoms with Gasteiger partial charge in [-0.2, -0.15) is 0 Å². The van der Waals surface area contributed by atoms with Crippen molar-refractivity contribution in [1.82, 2.24) is 0 Å². The second kappa shape index (κ2) is 61.5. The van der Waals surface area contributed by atoms with Gasteiger partial charge in [0.1, 0.15) is 19.8 Å². The molecule has 0 aliphatic heterocycles. The Hall–Kier alpha value is -2.03. The number of hydrogen-bond donors (Lipinski definition) is 0. The number of phosphoric ester groups is 1. The minimum absolute atomic E-state index is 0.0280. The summed E-state index contributed by atoms with van der Waals surface area (Å²) >= 11 is 0. The van der Waals surface area contributed by atoms with E-state index < -0.39 is 26.5 Å². The third-order valence-corrected chi connectivity index (χ3v) is 16.3. The fraction of sp³-hybridized carbons (Fsp3) is 0.857. The predicted molar refractivity (Wildman–Crippen MR) is 342 cm³/mol. The molecule has 0 aromatic carbocycles. The molecule has 2 unspecified atom stereocenters. The zero-order valence-electron chi connectivity index (χ0n) is 53.5. The monoisotopic (exact) mass is 1150 g/mol. The number of esters is 2. The van der Waals surface area contributed by atoms with E-state index in [0.29, 0.717) is 17.4 Å². The van der Waals surface area contributed by atoms with Crippen LogP contribution in [0.15, 0.2) is 48.6 Å². The van der Waals surface area contributed by atoms with Gasteiger partial charge in [0.05, 0.1) is 27.7 Å². The zero-order chi connectivity index (χ0) is 58.4. The van der Waals surface area contributed by atoms with Crippen molar-refractivity contribution in [2.45, 2.75) is 341 Å². The van der Waals surface area contributed by atoms with Gasteiger partial charge in [-0.3, -0.25) is 14.2 Å². The Kier molecular flexibility index (Phi) is 60.0. The van der Waals surface area contributed by atoms with E-state index in [1.165, 1.54) is 244 Å². The third-order valence-electron chi connectivity index (χ3n) is 15.4. The SMILES string of the molecule is CC/C=C\C/C=C\C/C=C\C/C=C\CCCCCCCCCCCCCCCCCCCCCCC(=O)OC(COC(=O)CCCCCCCCCCCCCCCCCCCCCCCCC)COP(=O)([O-])OCC[N+](C)(C)C. The molecule has 0 aromatic rings. The van der Waals surface area contributed by atoms with Crippen LogP contribution >= 0.6 is 7.82 Å². The van der Waals surface area contributed by atoms with Crippen LogP contribution in [0.3, 0.4) is 0 Å². The van der Waals surface area contributed by atoms with Crippen molar-refractivity contribution in [2.75, 3.05) is 47.5 Å². The number of carbonyl (C=O) groups is 2. The molecule has 10 heteroatoms. The molecule has 0 bridgehead atoms. The van der Waals surface area contributed by atoms with Crippen molar-refractivity contribution < 1.29 is 42.1 Å². The fourth-order valence-corrected chi connectivity index (χ4v) is 10.9. The van der Waals surface area contributed by atoms with Crippen LogP contribution in [0, 0.1) is 0 Å². The van der Waals surface area contributed by atoms with Gasteiger partial charge in [0.25, 0.3) is 7.82 Å². The molecule has 0 amide bonds. The van der Waals surface area contributed by atoms with Crippen LogP contribution in [0.1, 0.15) is 335 Å². The lowest BCUT2D eigenvalue weighted by atomic mass is 10.0. The first kappa shape index (κ1) is 78.0. The highest BCUT2D eigenvalue weighted by molar-refractivity contribution is 7.45. The van der Waals surface area contributed by atoms with Crippen LogP contribution < -0.4 is 4.89 Å². The highest BCUT2D eigenvalue weighted by Crippen LogP contribution is 2.38. The third kappa shape index (κ3) is 65.1. The molecule has 0 spiro atoms. The second-order valence-corrected chi connectivity index (χ2v) is 25.9. The standard InChI is InChI=1S/C70H132NO8P/c1-6-8-10-12-14-16-18-20-22-24-26-28-30-31-32-33-34-35-36-37-38-39-41-43-45-47-49-51-53-55-57-59-61-63-70(73)79-68(67-78-80(74,75)77-65-64-71(3,4)5)66-76-69(72)62-60-58-56-54-52-50-48-46-44-42-40-29-27-25-23-21-19-17-15-13-11-9-7-2/h8,10,14,16,20,22,26,28,68H,6-7,9,11-13,15,17-19,21,23-25,27,29-67H2,1-5H3/b10-8-,16-14-,22-20-,28-26-. The second-order valence-electron chi connectivity index (χ2n) is 24.5. The van der Waals surface area contributed by atoms with E-state index in [4.69, 9.17) is 18.5 Å². The number of hydrogen-bond acceptors (Lipinski definition) is 8. The first-order valence-corrected chi connectivity index (χ1v) is 35.8. The van der Waals surface area contributed by atoms with E-state index in [9.17, 15) is 19.0 Å². The highest BCUT2D eigenvalue weighted by atomic mass is 31.2. The summed E-state index contributed by atoms with van der Waals surface area (Å²) in [6, 6.07) is 0. The predicted octanol–water partition coefficient (Wildman–Crippen LogP) is 21.4. The normalized spacial score (nSPS) is 13.4. The molecular weight excluding hydrogens is 1010 g/mol. The van der Waals surface area contributed by atoms with Crippen LogP contribution in [0.4, 0.5) is 0 Å². The summed E-state index contributed by atoms with van der Waals surface area (Å²) in [5, 5.41) is 0. The zero-order valence-corrected chi connectivity index (χ0v) is 54.4. The van der Waals surface area contributed by atoms with Gasteiger partial charge in [0, 0.05) is 12.8 Å². The van der Waals surface area contributed by atoms with E-state index in [1.807, 2.05) is 21.1 Å². The van der Waals surface area contributed by atoms with Crippen molar-refractivity contribution in [3.8, 4) is 0 Å². The Labute approximate surface area is 496 Å². The maximum atomic E-state index is 12.9. The van der Waals surface area contributed by atoms with Gasteiger partial charge in [0.15, 0.2) is 6.10 Å². The van der Waals surface area contributed by atoms with Gasteiger partial charge in [0.2, 0.25) is 0 Å². The molecule has 9 nitrogen and oxygen atoms in total. The molecule has 2 atom stereocenters. The van der Waals surface area contributed by atoms with Gasteiger partial charge in [-0.25, -0.2) is 0 Å². The largest absolute Gasteiger partial charge is 0.756 e. The van der Waals surface area contributed by atoms with E-state index in [1.54, 1.807) is 0 Å². The van der Waals surface area contributed by atoms with Gasteiger partial charge < -0.3 is 27.9 Å². The van der Waals surface area contributed by atoms with Crippen molar-refractivity contribution in [1.29, 1.82) is 0 Å². The minimum atomic E-state index is -4.64. The molecule has 0 aromatic heterocycles. The summed E-state index contributed by atoms with van der Waals surface area (Å²) in [5.41, 5.74) is 0. The molecule has 0 radical (unpaired) electrons. The molecule has 0 rings (SSSR count). The molecule has 0 fully saturated rings. The van der Waals surface area contributed by atoms with Crippen LogP contribution in [-0.2, 0) is 32.7 Å². The summed E-state index contributed by atoms with van der Waals surface area (Å²) in [6.07, 6.45) is 79.1. The number of phosphoric acid groups is 1. The Morgan fingerprint density at radius 3 is 1.06 bits per heavy atom. The van der Waals surface area contributed by atoms with Crippen molar-refractivity contribution >= 4 is 19.8 Å². The Balaban J connectivity index is 3.99. The molecule has 470 valence electrons. The molecule has 0 N–H and O–H groups in total. The van der Waals surface area contributed by atoms with E-state index in [0.717, 1.165) is 57.8 Å². The number of quaternary nitrogens is 1. The lowest BCUT2D eigenvalue weighted by Crippen LogP contribution is -2.37. The number of unbranched alkanes of at least 4 members (excludes halogenated alkanes) is 42. The molecule has 0 heterocycles. The van der Waals surface area contributed by atoms with Crippen LogP contribution in [-0.4, -0.2) is 70.0 Å². The molecular formula is C70H132NO8P. The number of carbonyl (C=O) groups excluding carboxylic acids is 2. The van der Waals surface area contributed by atoms with Gasteiger partial charge in [-0.1, -0.05) is 319 Å². The Morgan fingerprint density at radius 1 is 0.400 bits per heavy atom. The quantitative estimate of drug-likeness (QED) is 0.0195. The van der Waals surface area contributed by atoms with Gasteiger partial charge >= 0.3 is 11.9 Å². The van der Waals surface area contributed by atoms with Crippen molar-refractivity contribution in [3.05, 3.63) is 48.6 Å². The highest BCUT2D eigenvalue weighted by Gasteiger charge is 2.22. The molecule has 80 heavy (non-hydrogen) atoms. The Bertz CT molecular complexity index is 1490. The Morgan fingerprint density at radius 2 is 0.713 bits per heavy atom. The van der Waals surface area contributed by atoms with Crippen molar-refractivity contribution in [2.24, 2.45) is 0 Å². The molecule has 0 saturated heterocycles. The number of likely N-dealkylation sites (N-methyl/N-ethyl adjacent to an activating group) is 1. The number of rotatable bonds is 64. The number of nitrogens with zero attached hydrogens (tertiary/aromatic N) is 1. The summed E-state index contributed by atoms with van der Waals surface area (Å²) in [7, 11) is 1.18. The summed E-state index contributed by atoms with van der Waals surface area (Å²) in [6.45, 7) is 4.19. The van der Waals surface area contributed by atoms with Crippen LogP contribution in [0.5, 0.6) is 0 Å². The van der Waals surface area contributed by atoms with Crippen molar-refractivity contribution in [3.63, 3.8) is 0 Å². The topological polar surface area (TPSA) is 111 Å². The number of ether oxygens (including phenoxy) is 2. The lowest BCUT2D eigenvalue weighted by molar-refractivity contribution is -0.870. The first-order valence-electron chi connectivity index (χ1n) is 34.3. The van der Waals surface area contributed by atoms with E-state index in [-0.39, 0.29) is 32.0 Å². The minimum Gasteiger partial charge on any atom is -0.756 e. The summed E-state index contributed by atoms with van der Waals surface area (Å²) in [5.74, 6) is -0.812. The average molecular weight is 1150 g/mol. The average Bonchev–Trinajstić information content (AvgIpc) is 3.42. The fourth-order valence-electron chi connectivity index (χ4n) is 10.1. The maximum absolute atomic E-state index is 12.9. The van der Waals surface area contributed by atoms with Crippen LogP contribution in [0.2, 0.25) is 0 Å². The van der Waals surface area contributed by atoms with Gasteiger partial charge in [-0.05, 0) is 51.4 Å². The maximum Gasteiger partial charge on any atom is 0.306 e. The first-order chi connectivity index (χ1) is 39.0. The summed E-state index contributed by atoms with van der Waals surface area (Å²) < 4.78 is 34.3. The van der Waals surface area contributed by atoms with E-state index in [2.05, 4.69) is 62.5 Å². The molecule has 0 saturated carbocycles.